The van der Waals surface area contributed by atoms with Crippen LogP contribution in [-0.2, 0) is 0 Å². The monoisotopic (exact) mass is 290 g/mol. The topological polar surface area (TPSA) is 93.4 Å². The van der Waals surface area contributed by atoms with Gasteiger partial charge in [0.25, 0.3) is 5.95 Å². The fraction of sp³-hybridized carbons (Fsp3) is 0.615. The van der Waals surface area contributed by atoms with Gasteiger partial charge in [-0.1, -0.05) is 13.8 Å². The Morgan fingerprint density at radius 2 is 1.86 bits per heavy atom. The van der Waals surface area contributed by atoms with E-state index in [1.54, 1.807) is 13.4 Å². The SMILES string of the molecule is CNc1nc(NC(C)CCC(C)C)nc(-n2cncn2)n1. The maximum atomic E-state index is 4.38. The molecule has 2 heterocycles. The van der Waals surface area contributed by atoms with Crippen molar-refractivity contribution in [2.75, 3.05) is 17.7 Å². The van der Waals surface area contributed by atoms with Gasteiger partial charge in [0.2, 0.25) is 11.9 Å². The minimum absolute atomic E-state index is 0.295. The number of nitrogens with zero attached hydrogens (tertiary/aromatic N) is 6. The molecule has 1 atom stereocenters. The first-order valence-corrected chi connectivity index (χ1v) is 7.14. The quantitative estimate of drug-likeness (QED) is 0.802. The zero-order valence-electron chi connectivity index (χ0n) is 12.9. The predicted octanol–water partition coefficient (Wildman–Crippen LogP) is 1.73. The number of anilines is 2. The molecule has 0 fully saturated rings. The zero-order valence-corrected chi connectivity index (χ0v) is 12.9. The van der Waals surface area contributed by atoms with Crippen molar-refractivity contribution in [2.24, 2.45) is 5.92 Å². The van der Waals surface area contributed by atoms with E-state index in [-0.39, 0.29) is 0 Å². The molecule has 0 amide bonds. The number of nitrogens with one attached hydrogen (secondary N) is 2. The molecule has 8 heteroatoms. The van der Waals surface area contributed by atoms with E-state index < -0.39 is 0 Å². The van der Waals surface area contributed by atoms with Crippen LogP contribution >= 0.6 is 0 Å². The predicted molar refractivity (Wildman–Crippen MR) is 81.4 cm³/mol. The molecule has 0 bridgehead atoms. The molecule has 2 rings (SSSR count). The fourth-order valence-electron chi connectivity index (χ4n) is 1.83. The van der Waals surface area contributed by atoms with Crippen LogP contribution in [0.2, 0.25) is 0 Å². The van der Waals surface area contributed by atoms with Crippen molar-refractivity contribution in [3.8, 4) is 5.95 Å². The summed E-state index contributed by atoms with van der Waals surface area (Å²) in [6.45, 7) is 6.57. The molecule has 0 spiro atoms. The molecule has 0 radical (unpaired) electrons. The lowest BCUT2D eigenvalue weighted by atomic mass is 10.0. The summed E-state index contributed by atoms with van der Waals surface area (Å²) in [6.07, 6.45) is 5.23. The van der Waals surface area contributed by atoms with Crippen LogP contribution in [0, 0.1) is 5.92 Å². The van der Waals surface area contributed by atoms with E-state index in [1.165, 1.54) is 11.0 Å². The number of rotatable bonds is 7. The maximum Gasteiger partial charge on any atom is 0.258 e. The standard InChI is InChI=1S/C13H22N8/c1-9(2)5-6-10(3)17-12-18-11(14-4)19-13(20-12)21-8-15-7-16-21/h7-10H,5-6H2,1-4H3,(H2,14,17,18,19,20). The molecular weight excluding hydrogens is 268 g/mol. The Kier molecular flexibility index (Phi) is 5.02. The summed E-state index contributed by atoms with van der Waals surface area (Å²) in [7, 11) is 1.77. The van der Waals surface area contributed by atoms with Gasteiger partial charge in [-0.05, 0) is 25.7 Å². The third-order valence-electron chi connectivity index (χ3n) is 3.02. The first kappa shape index (κ1) is 15.1. The van der Waals surface area contributed by atoms with Crippen molar-refractivity contribution < 1.29 is 0 Å². The van der Waals surface area contributed by atoms with Crippen LogP contribution in [0.5, 0.6) is 0 Å². The van der Waals surface area contributed by atoms with Crippen LogP contribution in [0.4, 0.5) is 11.9 Å². The highest BCUT2D eigenvalue weighted by Gasteiger charge is 2.10. The summed E-state index contributed by atoms with van der Waals surface area (Å²) in [4.78, 5) is 16.9. The highest BCUT2D eigenvalue weighted by atomic mass is 15.4. The highest BCUT2D eigenvalue weighted by Crippen LogP contribution is 2.12. The van der Waals surface area contributed by atoms with E-state index in [0.29, 0.717) is 29.8 Å². The van der Waals surface area contributed by atoms with E-state index in [0.717, 1.165) is 12.8 Å². The molecule has 8 nitrogen and oxygen atoms in total. The van der Waals surface area contributed by atoms with Crippen LogP contribution in [-0.4, -0.2) is 42.8 Å². The van der Waals surface area contributed by atoms with Crippen LogP contribution in [0.15, 0.2) is 12.7 Å². The molecule has 0 aliphatic rings. The Hall–Kier alpha value is -2.25. The van der Waals surface area contributed by atoms with Crippen molar-refractivity contribution in [3.05, 3.63) is 12.7 Å². The molecule has 0 aliphatic carbocycles. The van der Waals surface area contributed by atoms with Gasteiger partial charge in [-0.25, -0.2) is 4.98 Å². The van der Waals surface area contributed by atoms with Gasteiger partial charge in [-0.2, -0.15) is 24.7 Å². The lowest BCUT2D eigenvalue weighted by Crippen LogP contribution is -2.19. The largest absolute Gasteiger partial charge is 0.357 e. The maximum absolute atomic E-state index is 4.38. The summed E-state index contributed by atoms with van der Waals surface area (Å²) in [6, 6.07) is 0.295. The lowest BCUT2D eigenvalue weighted by Gasteiger charge is -2.15. The van der Waals surface area contributed by atoms with E-state index in [4.69, 9.17) is 0 Å². The summed E-state index contributed by atoms with van der Waals surface area (Å²) in [5, 5.41) is 10.3. The smallest absolute Gasteiger partial charge is 0.258 e. The Morgan fingerprint density at radius 3 is 2.48 bits per heavy atom. The summed E-state index contributed by atoms with van der Waals surface area (Å²) < 4.78 is 1.51. The van der Waals surface area contributed by atoms with E-state index in [2.05, 4.69) is 56.4 Å². The minimum atomic E-state index is 0.295. The minimum Gasteiger partial charge on any atom is -0.357 e. The van der Waals surface area contributed by atoms with Crippen molar-refractivity contribution in [2.45, 2.75) is 39.7 Å². The molecule has 0 saturated heterocycles. The normalized spacial score (nSPS) is 12.4. The first-order chi connectivity index (χ1) is 10.1. The fourth-order valence-corrected chi connectivity index (χ4v) is 1.83. The van der Waals surface area contributed by atoms with Gasteiger partial charge in [0.15, 0.2) is 0 Å². The van der Waals surface area contributed by atoms with Crippen LogP contribution in [0.1, 0.15) is 33.6 Å². The van der Waals surface area contributed by atoms with Crippen LogP contribution < -0.4 is 10.6 Å². The van der Waals surface area contributed by atoms with E-state index in [9.17, 15) is 0 Å². The Bertz CT molecular complexity index is 551. The molecule has 2 N–H and O–H groups in total. The summed E-state index contributed by atoms with van der Waals surface area (Å²) in [5.41, 5.74) is 0. The summed E-state index contributed by atoms with van der Waals surface area (Å²) in [5.74, 6) is 2.15. The van der Waals surface area contributed by atoms with Crippen molar-refractivity contribution in [1.29, 1.82) is 0 Å². The molecule has 2 aromatic heterocycles. The number of hydrogen-bond acceptors (Lipinski definition) is 7. The average Bonchev–Trinajstić information content (AvgIpc) is 2.99. The average molecular weight is 290 g/mol. The highest BCUT2D eigenvalue weighted by molar-refractivity contribution is 5.37. The third-order valence-corrected chi connectivity index (χ3v) is 3.02. The van der Waals surface area contributed by atoms with Crippen molar-refractivity contribution in [3.63, 3.8) is 0 Å². The number of hydrogen-bond donors (Lipinski definition) is 2. The van der Waals surface area contributed by atoms with Gasteiger partial charge in [-0.15, -0.1) is 0 Å². The first-order valence-electron chi connectivity index (χ1n) is 7.14. The van der Waals surface area contributed by atoms with Gasteiger partial charge in [0, 0.05) is 13.1 Å². The molecular formula is C13H22N8. The third kappa shape index (κ3) is 4.37. The van der Waals surface area contributed by atoms with Gasteiger partial charge in [0.05, 0.1) is 0 Å². The van der Waals surface area contributed by atoms with Gasteiger partial charge < -0.3 is 10.6 Å². The lowest BCUT2D eigenvalue weighted by molar-refractivity contribution is 0.526. The molecule has 21 heavy (non-hydrogen) atoms. The van der Waals surface area contributed by atoms with Crippen LogP contribution in [0.3, 0.4) is 0 Å². The second kappa shape index (κ2) is 6.96. The van der Waals surface area contributed by atoms with Gasteiger partial charge in [-0.3, -0.25) is 0 Å². The zero-order chi connectivity index (χ0) is 15.2. The van der Waals surface area contributed by atoms with Gasteiger partial charge >= 0.3 is 0 Å². The Balaban J connectivity index is 2.13. The molecule has 0 aromatic carbocycles. The Morgan fingerprint density at radius 1 is 1.10 bits per heavy atom. The Labute approximate surface area is 124 Å². The van der Waals surface area contributed by atoms with Crippen LogP contribution in [0.25, 0.3) is 5.95 Å². The molecule has 2 aromatic rings. The molecule has 114 valence electrons. The second-order valence-corrected chi connectivity index (χ2v) is 5.39. The number of aromatic nitrogens is 6. The van der Waals surface area contributed by atoms with E-state index >= 15 is 0 Å². The molecule has 1 unspecified atom stereocenters. The van der Waals surface area contributed by atoms with Crippen molar-refractivity contribution >= 4 is 11.9 Å². The summed E-state index contributed by atoms with van der Waals surface area (Å²) >= 11 is 0. The molecule has 0 aliphatic heterocycles. The van der Waals surface area contributed by atoms with E-state index in [1.807, 2.05) is 0 Å². The van der Waals surface area contributed by atoms with Gasteiger partial charge in [0.1, 0.15) is 12.7 Å². The molecule has 0 saturated carbocycles. The second-order valence-electron chi connectivity index (χ2n) is 5.39. The van der Waals surface area contributed by atoms with Crippen molar-refractivity contribution in [1.82, 2.24) is 29.7 Å².